The van der Waals surface area contributed by atoms with Crippen LogP contribution in [-0.2, 0) is 9.59 Å². The van der Waals surface area contributed by atoms with Crippen LogP contribution in [0.15, 0.2) is 54.6 Å². The molecule has 0 radical (unpaired) electrons. The Balaban J connectivity index is 2.01. The fraction of sp³-hybridized carbons (Fsp3) is 0.375. The molecule has 3 amide bonds. The quantitative estimate of drug-likeness (QED) is 0.547. The lowest BCUT2D eigenvalue weighted by atomic mass is 10.1. The third kappa shape index (κ3) is 7.86. The minimum atomic E-state index is -0.282. The van der Waals surface area contributed by atoms with Crippen LogP contribution in [0, 0.1) is 0 Å². The van der Waals surface area contributed by atoms with E-state index >= 15 is 0 Å². The van der Waals surface area contributed by atoms with Crippen LogP contribution in [-0.4, -0.2) is 48.3 Å². The SMILES string of the molecule is CCN(CC(=O)Nc1ccccc1C(=O)N[C@@H](C)c1ccccc1)CC(=O)NC(C)C. The number of nitrogens with zero attached hydrogens (tertiary/aromatic N) is 1. The van der Waals surface area contributed by atoms with Crippen LogP contribution in [0.3, 0.4) is 0 Å². The summed E-state index contributed by atoms with van der Waals surface area (Å²) in [4.78, 5) is 39.2. The van der Waals surface area contributed by atoms with Crippen molar-refractivity contribution in [2.45, 2.75) is 39.8 Å². The Hall–Kier alpha value is -3.19. The summed E-state index contributed by atoms with van der Waals surface area (Å²) in [5.41, 5.74) is 1.82. The molecule has 166 valence electrons. The Labute approximate surface area is 184 Å². The average molecular weight is 425 g/mol. The van der Waals surface area contributed by atoms with Gasteiger partial charge in [0.05, 0.1) is 30.4 Å². The number of anilines is 1. The molecule has 0 aromatic heterocycles. The summed E-state index contributed by atoms with van der Waals surface area (Å²) >= 11 is 0. The molecular formula is C24H32N4O3. The van der Waals surface area contributed by atoms with E-state index in [0.29, 0.717) is 17.8 Å². The molecule has 0 unspecified atom stereocenters. The largest absolute Gasteiger partial charge is 0.353 e. The van der Waals surface area contributed by atoms with Crippen molar-refractivity contribution in [3.8, 4) is 0 Å². The van der Waals surface area contributed by atoms with Gasteiger partial charge >= 0.3 is 0 Å². The summed E-state index contributed by atoms with van der Waals surface area (Å²) in [6.45, 7) is 8.33. The lowest BCUT2D eigenvalue weighted by Crippen LogP contribution is -2.43. The van der Waals surface area contributed by atoms with Gasteiger partial charge in [-0.15, -0.1) is 0 Å². The molecule has 2 rings (SSSR count). The minimum absolute atomic E-state index is 0.0451. The van der Waals surface area contributed by atoms with Crippen LogP contribution in [0.1, 0.15) is 49.7 Å². The number of benzene rings is 2. The highest BCUT2D eigenvalue weighted by molar-refractivity contribution is 6.04. The van der Waals surface area contributed by atoms with Crippen LogP contribution in [0.25, 0.3) is 0 Å². The molecule has 2 aromatic carbocycles. The maximum atomic E-state index is 12.8. The fourth-order valence-corrected chi connectivity index (χ4v) is 3.13. The smallest absolute Gasteiger partial charge is 0.253 e. The highest BCUT2D eigenvalue weighted by Crippen LogP contribution is 2.18. The predicted molar refractivity (Wildman–Crippen MR) is 123 cm³/mol. The summed E-state index contributed by atoms with van der Waals surface area (Å²) in [7, 11) is 0. The zero-order valence-corrected chi connectivity index (χ0v) is 18.6. The van der Waals surface area contributed by atoms with E-state index in [1.807, 2.05) is 58.0 Å². The highest BCUT2D eigenvalue weighted by Gasteiger charge is 2.18. The van der Waals surface area contributed by atoms with Crippen molar-refractivity contribution in [1.29, 1.82) is 0 Å². The highest BCUT2D eigenvalue weighted by atomic mass is 16.2. The number of carbonyl (C=O) groups is 3. The molecule has 1 atom stereocenters. The normalized spacial score (nSPS) is 11.8. The molecule has 31 heavy (non-hydrogen) atoms. The lowest BCUT2D eigenvalue weighted by Gasteiger charge is -2.21. The van der Waals surface area contributed by atoms with Crippen molar-refractivity contribution >= 4 is 23.4 Å². The second-order valence-electron chi connectivity index (χ2n) is 7.73. The van der Waals surface area contributed by atoms with Gasteiger partial charge in [-0.25, -0.2) is 0 Å². The molecular weight excluding hydrogens is 392 g/mol. The molecule has 0 spiro atoms. The third-order valence-electron chi connectivity index (χ3n) is 4.72. The lowest BCUT2D eigenvalue weighted by molar-refractivity contribution is -0.123. The second kappa shape index (κ2) is 11.9. The molecule has 0 saturated carbocycles. The molecule has 0 saturated heterocycles. The first-order chi connectivity index (χ1) is 14.8. The van der Waals surface area contributed by atoms with Crippen molar-refractivity contribution in [2.24, 2.45) is 0 Å². The maximum absolute atomic E-state index is 12.8. The standard InChI is InChI=1S/C24H32N4O3/c1-5-28(15-22(29)25-17(2)3)16-23(30)27-21-14-10-9-13-20(21)24(31)26-18(4)19-11-7-6-8-12-19/h6-14,17-18H,5,15-16H2,1-4H3,(H,25,29)(H,26,31)(H,27,30)/t18-/m0/s1. The van der Waals surface area contributed by atoms with Crippen LogP contribution >= 0.6 is 0 Å². The van der Waals surface area contributed by atoms with E-state index in [-0.39, 0.29) is 42.9 Å². The van der Waals surface area contributed by atoms with Crippen molar-refractivity contribution < 1.29 is 14.4 Å². The number of hydrogen-bond acceptors (Lipinski definition) is 4. The Morgan fingerprint density at radius 1 is 0.839 bits per heavy atom. The van der Waals surface area contributed by atoms with E-state index in [9.17, 15) is 14.4 Å². The van der Waals surface area contributed by atoms with Gasteiger partial charge in [0, 0.05) is 6.04 Å². The van der Waals surface area contributed by atoms with Gasteiger partial charge in [-0.1, -0.05) is 49.4 Å². The van der Waals surface area contributed by atoms with E-state index in [4.69, 9.17) is 0 Å². The zero-order valence-electron chi connectivity index (χ0n) is 18.6. The Bertz CT molecular complexity index is 883. The van der Waals surface area contributed by atoms with Crippen molar-refractivity contribution in [3.05, 3.63) is 65.7 Å². The maximum Gasteiger partial charge on any atom is 0.253 e. The van der Waals surface area contributed by atoms with Crippen LogP contribution in [0.2, 0.25) is 0 Å². The molecule has 0 aliphatic rings. The fourth-order valence-electron chi connectivity index (χ4n) is 3.13. The van der Waals surface area contributed by atoms with E-state index in [1.54, 1.807) is 29.2 Å². The van der Waals surface area contributed by atoms with Gasteiger partial charge in [0.2, 0.25) is 11.8 Å². The summed E-state index contributed by atoms with van der Waals surface area (Å²) in [5.74, 6) is -0.675. The number of hydrogen-bond donors (Lipinski definition) is 3. The first-order valence-corrected chi connectivity index (χ1v) is 10.6. The van der Waals surface area contributed by atoms with Gasteiger partial charge in [0.1, 0.15) is 0 Å². The summed E-state index contributed by atoms with van der Waals surface area (Å²) in [6, 6.07) is 16.4. The molecule has 0 aliphatic carbocycles. The van der Waals surface area contributed by atoms with Crippen LogP contribution in [0.4, 0.5) is 5.69 Å². The zero-order chi connectivity index (χ0) is 22.8. The molecule has 0 bridgehead atoms. The van der Waals surface area contributed by atoms with E-state index in [0.717, 1.165) is 5.56 Å². The van der Waals surface area contributed by atoms with E-state index in [2.05, 4.69) is 16.0 Å². The number of para-hydroxylation sites is 1. The van der Waals surface area contributed by atoms with Gasteiger partial charge in [-0.3, -0.25) is 19.3 Å². The molecule has 7 heteroatoms. The molecule has 2 aromatic rings. The third-order valence-corrected chi connectivity index (χ3v) is 4.72. The second-order valence-corrected chi connectivity index (χ2v) is 7.73. The van der Waals surface area contributed by atoms with E-state index < -0.39 is 0 Å². The van der Waals surface area contributed by atoms with Crippen molar-refractivity contribution in [2.75, 3.05) is 25.0 Å². The molecule has 0 aliphatic heterocycles. The monoisotopic (exact) mass is 424 g/mol. The number of nitrogens with one attached hydrogen (secondary N) is 3. The molecule has 0 heterocycles. The Kier molecular flexibility index (Phi) is 9.21. The van der Waals surface area contributed by atoms with Gasteiger partial charge in [0.25, 0.3) is 5.91 Å². The predicted octanol–water partition coefficient (Wildman–Crippen LogP) is 2.96. The van der Waals surface area contributed by atoms with Crippen LogP contribution in [0.5, 0.6) is 0 Å². The first-order valence-electron chi connectivity index (χ1n) is 10.6. The molecule has 0 fully saturated rings. The average Bonchev–Trinajstić information content (AvgIpc) is 2.73. The van der Waals surface area contributed by atoms with Gasteiger partial charge in [-0.2, -0.15) is 0 Å². The van der Waals surface area contributed by atoms with E-state index in [1.165, 1.54) is 0 Å². The van der Waals surface area contributed by atoms with Gasteiger partial charge < -0.3 is 16.0 Å². The Morgan fingerprint density at radius 3 is 2.10 bits per heavy atom. The number of amides is 3. The number of carbonyl (C=O) groups excluding carboxylic acids is 3. The first kappa shape index (κ1) is 24.1. The Morgan fingerprint density at radius 2 is 1.45 bits per heavy atom. The van der Waals surface area contributed by atoms with Crippen LogP contribution < -0.4 is 16.0 Å². The summed E-state index contributed by atoms with van der Waals surface area (Å²) in [6.07, 6.45) is 0. The molecule has 7 nitrogen and oxygen atoms in total. The van der Waals surface area contributed by atoms with Gasteiger partial charge in [0.15, 0.2) is 0 Å². The summed E-state index contributed by atoms with van der Waals surface area (Å²) in [5, 5.41) is 8.60. The van der Waals surface area contributed by atoms with Crippen molar-refractivity contribution in [3.63, 3.8) is 0 Å². The number of rotatable bonds is 10. The minimum Gasteiger partial charge on any atom is -0.353 e. The molecule has 3 N–H and O–H groups in total. The van der Waals surface area contributed by atoms with Gasteiger partial charge in [-0.05, 0) is 45.0 Å². The summed E-state index contributed by atoms with van der Waals surface area (Å²) < 4.78 is 0. The van der Waals surface area contributed by atoms with Crippen molar-refractivity contribution in [1.82, 2.24) is 15.5 Å². The number of likely N-dealkylation sites (N-methyl/N-ethyl adjacent to an activating group) is 1. The topological polar surface area (TPSA) is 90.5 Å².